The number of ether oxygens (including phenoxy) is 1. The predicted molar refractivity (Wildman–Crippen MR) is 102 cm³/mol. The average Bonchev–Trinajstić information content (AvgIpc) is 3.14. The number of amides is 1. The lowest BCUT2D eigenvalue weighted by Crippen LogP contribution is -2.33. The summed E-state index contributed by atoms with van der Waals surface area (Å²) in [6.45, 7) is 4.68. The second kappa shape index (κ2) is 8.30. The molecule has 0 fully saturated rings. The summed E-state index contributed by atoms with van der Waals surface area (Å²) >= 11 is 1.41. The predicted octanol–water partition coefficient (Wildman–Crippen LogP) is 4.58. The highest BCUT2D eigenvalue weighted by Gasteiger charge is 2.21. The van der Waals surface area contributed by atoms with E-state index in [2.05, 4.69) is 37.4 Å². The minimum Gasteiger partial charge on any atom is -0.465 e. The molecule has 0 saturated heterocycles. The van der Waals surface area contributed by atoms with Gasteiger partial charge < -0.3 is 4.74 Å². The third kappa shape index (κ3) is 4.69. The Labute approximate surface area is 152 Å². The Morgan fingerprint density at radius 3 is 2.92 bits per heavy atom. The van der Waals surface area contributed by atoms with E-state index in [0.717, 1.165) is 19.3 Å². The van der Waals surface area contributed by atoms with Crippen molar-refractivity contribution < 1.29 is 9.53 Å². The summed E-state index contributed by atoms with van der Waals surface area (Å²) in [6, 6.07) is 12.4. The van der Waals surface area contributed by atoms with Crippen LogP contribution in [0.15, 0.2) is 46.8 Å². The third-order valence-corrected chi connectivity index (χ3v) is 5.00. The minimum atomic E-state index is -0.165. The van der Waals surface area contributed by atoms with Crippen LogP contribution >= 0.6 is 11.3 Å². The molecule has 1 atom stereocenters. The number of carbonyl (C=O) groups excluding carboxylic acids is 1. The van der Waals surface area contributed by atoms with Crippen LogP contribution in [0.4, 0.5) is 0 Å². The highest BCUT2D eigenvalue weighted by atomic mass is 32.1. The summed E-state index contributed by atoms with van der Waals surface area (Å²) in [4.78, 5) is 17.8. The SMILES string of the molecule is CC(C)COC(=N[C@H]1CCCc2ccccc21)NC(=O)c1cccs1. The Bertz CT molecular complexity index is 738. The van der Waals surface area contributed by atoms with Gasteiger partial charge in [-0.3, -0.25) is 10.1 Å². The normalized spacial score (nSPS) is 17.2. The van der Waals surface area contributed by atoms with Crippen molar-refractivity contribution in [3.63, 3.8) is 0 Å². The number of rotatable bonds is 4. The molecule has 1 amide bonds. The molecule has 1 N–H and O–H groups in total. The van der Waals surface area contributed by atoms with Crippen LogP contribution in [0.25, 0.3) is 0 Å². The number of aliphatic imine (C=N–C) groups is 1. The molecule has 0 unspecified atom stereocenters. The van der Waals surface area contributed by atoms with Gasteiger partial charge in [0.15, 0.2) is 0 Å². The molecule has 2 aromatic rings. The molecule has 5 heteroatoms. The summed E-state index contributed by atoms with van der Waals surface area (Å²) in [7, 11) is 0. The van der Waals surface area contributed by atoms with Crippen molar-refractivity contribution in [1.29, 1.82) is 0 Å². The van der Waals surface area contributed by atoms with Gasteiger partial charge in [-0.2, -0.15) is 0 Å². The number of carbonyl (C=O) groups is 1. The molecule has 1 aliphatic carbocycles. The van der Waals surface area contributed by atoms with Crippen molar-refractivity contribution in [2.45, 2.75) is 39.2 Å². The van der Waals surface area contributed by atoms with Gasteiger partial charge in [-0.05, 0) is 47.8 Å². The van der Waals surface area contributed by atoms with Crippen molar-refractivity contribution >= 4 is 23.3 Å². The third-order valence-electron chi connectivity index (χ3n) is 4.13. The quantitative estimate of drug-likeness (QED) is 0.644. The van der Waals surface area contributed by atoms with Crippen molar-refractivity contribution in [2.24, 2.45) is 10.9 Å². The molecule has 0 aliphatic heterocycles. The number of thiophene rings is 1. The molecular weight excluding hydrogens is 332 g/mol. The monoisotopic (exact) mass is 356 g/mol. The van der Waals surface area contributed by atoms with Gasteiger partial charge in [0.05, 0.1) is 17.5 Å². The maximum absolute atomic E-state index is 12.4. The molecule has 4 nitrogen and oxygen atoms in total. The summed E-state index contributed by atoms with van der Waals surface area (Å²) in [5, 5.41) is 4.74. The van der Waals surface area contributed by atoms with Gasteiger partial charge in [0.25, 0.3) is 11.9 Å². The van der Waals surface area contributed by atoms with E-state index >= 15 is 0 Å². The van der Waals surface area contributed by atoms with E-state index in [1.54, 1.807) is 6.07 Å². The molecule has 0 saturated carbocycles. The number of nitrogens with zero attached hydrogens (tertiary/aromatic N) is 1. The lowest BCUT2D eigenvalue weighted by molar-refractivity contribution is 0.0967. The molecule has 0 bridgehead atoms. The average molecular weight is 356 g/mol. The Kier molecular flexibility index (Phi) is 5.87. The maximum atomic E-state index is 12.4. The van der Waals surface area contributed by atoms with Gasteiger partial charge >= 0.3 is 0 Å². The van der Waals surface area contributed by atoms with E-state index in [1.165, 1.54) is 22.5 Å². The number of amidine groups is 1. The Morgan fingerprint density at radius 1 is 1.32 bits per heavy atom. The van der Waals surface area contributed by atoms with Crippen LogP contribution < -0.4 is 5.32 Å². The van der Waals surface area contributed by atoms with Gasteiger partial charge in [0.2, 0.25) is 0 Å². The highest BCUT2D eigenvalue weighted by molar-refractivity contribution is 7.12. The lowest BCUT2D eigenvalue weighted by Gasteiger charge is -2.23. The lowest BCUT2D eigenvalue weighted by atomic mass is 9.88. The van der Waals surface area contributed by atoms with E-state index in [0.29, 0.717) is 23.4 Å². The zero-order valence-electron chi connectivity index (χ0n) is 14.7. The highest BCUT2D eigenvalue weighted by Crippen LogP contribution is 2.32. The number of aryl methyl sites for hydroxylation is 1. The number of benzene rings is 1. The van der Waals surface area contributed by atoms with Crippen LogP contribution in [-0.2, 0) is 11.2 Å². The largest absolute Gasteiger partial charge is 0.465 e. The zero-order chi connectivity index (χ0) is 17.6. The molecule has 0 spiro atoms. The molecule has 1 aliphatic rings. The number of fused-ring (bicyclic) bond motifs is 1. The number of nitrogens with one attached hydrogen (secondary N) is 1. The fourth-order valence-corrected chi connectivity index (χ4v) is 3.54. The molecule has 25 heavy (non-hydrogen) atoms. The van der Waals surface area contributed by atoms with Crippen LogP contribution in [0.3, 0.4) is 0 Å². The van der Waals surface area contributed by atoms with E-state index in [9.17, 15) is 4.79 Å². The topological polar surface area (TPSA) is 50.7 Å². The van der Waals surface area contributed by atoms with E-state index in [4.69, 9.17) is 9.73 Å². The molecule has 1 aromatic carbocycles. The number of hydrogen-bond donors (Lipinski definition) is 1. The first kappa shape index (κ1) is 17.7. The second-order valence-corrected chi connectivity index (χ2v) is 7.63. The first-order valence-corrected chi connectivity index (χ1v) is 9.64. The molecule has 3 rings (SSSR count). The summed E-state index contributed by atoms with van der Waals surface area (Å²) in [5.41, 5.74) is 2.58. The van der Waals surface area contributed by atoms with E-state index < -0.39 is 0 Å². The Morgan fingerprint density at radius 2 is 2.16 bits per heavy atom. The minimum absolute atomic E-state index is 0.0377. The first-order chi connectivity index (χ1) is 12.1. The van der Waals surface area contributed by atoms with Crippen LogP contribution in [0.5, 0.6) is 0 Å². The number of hydrogen-bond acceptors (Lipinski definition) is 4. The van der Waals surface area contributed by atoms with Crippen LogP contribution in [0, 0.1) is 5.92 Å². The fourth-order valence-electron chi connectivity index (χ4n) is 2.92. The van der Waals surface area contributed by atoms with Crippen LogP contribution in [0.1, 0.15) is 53.5 Å². The smallest absolute Gasteiger partial charge is 0.292 e. The molecule has 1 aromatic heterocycles. The summed E-state index contributed by atoms with van der Waals surface area (Å²) in [5.74, 6) is 0.198. The molecular formula is C20H24N2O2S. The molecule has 0 radical (unpaired) electrons. The standard InChI is InChI=1S/C20H24N2O2S/c1-14(2)13-24-20(22-19(23)18-11-6-12-25-18)21-17-10-5-8-15-7-3-4-9-16(15)17/h3-4,6-7,9,11-12,14,17H,5,8,10,13H2,1-2H3,(H,21,22,23)/t17-/m0/s1. The Balaban J connectivity index is 1.81. The zero-order valence-corrected chi connectivity index (χ0v) is 15.5. The van der Waals surface area contributed by atoms with E-state index in [-0.39, 0.29) is 11.9 Å². The van der Waals surface area contributed by atoms with Gasteiger partial charge in [0.1, 0.15) is 0 Å². The van der Waals surface area contributed by atoms with Crippen molar-refractivity contribution in [3.05, 3.63) is 57.8 Å². The van der Waals surface area contributed by atoms with Crippen molar-refractivity contribution in [2.75, 3.05) is 6.61 Å². The summed E-state index contributed by atoms with van der Waals surface area (Å²) in [6.07, 6.45) is 3.16. The summed E-state index contributed by atoms with van der Waals surface area (Å²) < 4.78 is 5.81. The molecule has 132 valence electrons. The van der Waals surface area contributed by atoms with Gasteiger partial charge in [-0.1, -0.05) is 44.2 Å². The maximum Gasteiger partial charge on any atom is 0.292 e. The van der Waals surface area contributed by atoms with Crippen molar-refractivity contribution in [3.8, 4) is 0 Å². The molecule has 1 heterocycles. The first-order valence-electron chi connectivity index (χ1n) is 8.76. The second-order valence-electron chi connectivity index (χ2n) is 6.68. The van der Waals surface area contributed by atoms with Gasteiger partial charge in [-0.25, -0.2) is 4.99 Å². The van der Waals surface area contributed by atoms with E-state index in [1.807, 2.05) is 17.5 Å². The van der Waals surface area contributed by atoms with Gasteiger partial charge in [0, 0.05) is 0 Å². The van der Waals surface area contributed by atoms with Gasteiger partial charge in [-0.15, -0.1) is 11.3 Å². The Hall–Kier alpha value is -2.14. The van der Waals surface area contributed by atoms with Crippen LogP contribution in [-0.4, -0.2) is 18.5 Å². The van der Waals surface area contributed by atoms with Crippen LogP contribution in [0.2, 0.25) is 0 Å². The van der Waals surface area contributed by atoms with Crippen molar-refractivity contribution in [1.82, 2.24) is 5.32 Å². The fraction of sp³-hybridized carbons (Fsp3) is 0.400.